The van der Waals surface area contributed by atoms with Crippen molar-refractivity contribution in [2.45, 2.75) is 26.7 Å². The Balaban J connectivity index is 2.37. The summed E-state index contributed by atoms with van der Waals surface area (Å²) in [5, 5.41) is 22.4. The summed E-state index contributed by atoms with van der Waals surface area (Å²) in [5.41, 5.74) is 4.08. The molecule has 0 amide bonds. The molecule has 0 radical (unpaired) electrons. The van der Waals surface area contributed by atoms with E-state index in [2.05, 4.69) is 16.4 Å². The van der Waals surface area contributed by atoms with E-state index in [0.29, 0.717) is 40.6 Å². The van der Waals surface area contributed by atoms with E-state index in [9.17, 15) is 15.2 Å². The lowest BCUT2D eigenvalue weighted by Crippen LogP contribution is -2.25. The Labute approximate surface area is 163 Å². The summed E-state index contributed by atoms with van der Waals surface area (Å²) in [4.78, 5) is 16.6. The van der Waals surface area contributed by atoms with Crippen molar-refractivity contribution in [3.63, 3.8) is 0 Å². The van der Waals surface area contributed by atoms with Crippen LogP contribution in [0.3, 0.4) is 0 Å². The highest BCUT2D eigenvalue weighted by atomic mass is 16.5. The number of benzene rings is 1. The van der Waals surface area contributed by atoms with E-state index in [-0.39, 0.29) is 5.57 Å². The Hall–Kier alpha value is -3.53. The number of nitrogens with one attached hydrogen (secondary N) is 1. The number of anilines is 1. The molecule has 2 heterocycles. The maximum atomic E-state index is 12.2. The molecule has 1 aromatic carbocycles. The molecule has 144 valence electrons. The third-order valence-electron chi connectivity index (χ3n) is 4.75. The second-order valence-electron chi connectivity index (χ2n) is 6.44. The Kier molecular flexibility index (Phi) is 5.23. The lowest BCUT2D eigenvalue weighted by Gasteiger charge is -2.32. The number of allylic oxidation sites excluding steroid dienone is 1. The monoisotopic (exact) mass is 379 g/mol. The molecule has 0 saturated carbocycles. The number of carboxylic acids is 1. The fourth-order valence-electron chi connectivity index (χ4n) is 3.52. The maximum absolute atomic E-state index is 12.2. The van der Waals surface area contributed by atoms with Gasteiger partial charge in [0.15, 0.2) is 0 Å². The van der Waals surface area contributed by atoms with Crippen molar-refractivity contribution in [3.8, 4) is 17.7 Å². The molecular formula is C21H21N3O4. The standard InChI is InChI=1S/C21H21N3O4/c1-5-28-20-18-17(14-7-6-13(9-22)8-15(14)27-4)16(21(25)26)12(3)24-19(18)11(2)10-23-20/h6-8,10,17,24H,5H2,1-4H3,(H,25,26)/t17-/m1/s1. The number of pyridine rings is 1. The minimum absolute atomic E-state index is 0.184. The summed E-state index contributed by atoms with van der Waals surface area (Å²) < 4.78 is 11.2. The average molecular weight is 379 g/mol. The van der Waals surface area contributed by atoms with Crippen LogP contribution in [0.5, 0.6) is 11.6 Å². The van der Waals surface area contributed by atoms with Crippen LogP contribution < -0.4 is 14.8 Å². The van der Waals surface area contributed by atoms with Gasteiger partial charge in [-0.3, -0.25) is 0 Å². The van der Waals surface area contributed by atoms with Crippen molar-refractivity contribution in [3.05, 3.63) is 57.9 Å². The summed E-state index contributed by atoms with van der Waals surface area (Å²) in [6.07, 6.45) is 1.70. The molecule has 2 aromatic rings. The Morgan fingerprint density at radius 2 is 2.14 bits per heavy atom. The number of aryl methyl sites for hydroxylation is 1. The molecule has 7 nitrogen and oxygen atoms in total. The molecule has 0 bridgehead atoms. The summed E-state index contributed by atoms with van der Waals surface area (Å²) in [6.45, 7) is 5.88. The van der Waals surface area contributed by atoms with Crippen LogP contribution in [-0.2, 0) is 4.79 Å². The number of hydrogen-bond acceptors (Lipinski definition) is 6. The van der Waals surface area contributed by atoms with Crippen LogP contribution in [0.15, 0.2) is 35.7 Å². The normalized spacial score (nSPS) is 15.3. The van der Waals surface area contributed by atoms with E-state index in [1.807, 2.05) is 13.8 Å². The molecule has 28 heavy (non-hydrogen) atoms. The molecule has 0 unspecified atom stereocenters. The van der Waals surface area contributed by atoms with E-state index < -0.39 is 11.9 Å². The van der Waals surface area contributed by atoms with Gasteiger partial charge in [0.25, 0.3) is 0 Å². The van der Waals surface area contributed by atoms with Gasteiger partial charge in [0.2, 0.25) is 5.88 Å². The first-order valence-electron chi connectivity index (χ1n) is 8.84. The zero-order valence-corrected chi connectivity index (χ0v) is 16.2. The quantitative estimate of drug-likeness (QED) is 0.818. The summed E-state index contributed by atoms with van der Waals surface area (Å²) >= 11 is 0. The fourth-order valence-corrected chi connectivity index (χ4v) is 3.52. The third kappa shape index (κ3) is 3.14. The number of nitrogens with zero attached hydrogens (tertiary/aromatic N) is 2. The Morgan fingerprint density at radius 3 is 2.75 bits per heavy atom. The molecule has 1 atom stereocenters. The first-order chi connectivity index (χ1) is 13.4. The lowest BCUT2D eigenvalue weighted by molar-refractivity contribution is -0.133. The predicted molar refractivity (Wildman–Crippen MR) is 104 cm³/mol. The van der Waals surface area contributed by atoms with Crippen LogP contribution in [-0.4, -0.2) is 29.8 Å². The molecule has 0 saturated heterocycles. The van der Waals surface area contributed by atoms with Gasteiger partial charge in [-0.2, -0.15) is 5.26 Å². The van der Waals surface area contributed by atoms with Gasteiger partial charge in [-0.15, -0.1) is 0 Å². The second-order valence-corrected chi connectivity index (χ2v) is 6.44. The number of hydrogen-bond donors (Lipinski definition) is 2. The number of aliphatic carboxylic acids is 1. The molecule has 2 N–H and O–H groups in total. The second kappa shape index (κ2) is 7.61. The predicted octanol–water partition coefficient (Wildman–Crippen LogP) is 3.59. The Bertz CT molecular complexity index is 1020. The van der Waals surface area contributed by atoms with Crippen LogP contribution >= 0.6 is 0 Å². The first-order valence-corrected chi connectivity index (χ1v) is 8.84. The highest BCUT2D eigenvalue weighted by Crippen LogP contribution is 2.48. The van der Waals surface area contributed by atoms with Gasteiger partial charge in [-0.1, -0.05) is 6.07 Å². The largest absolute Gasteiger partial charge is 0.496 e. The van der Waals surface area contributed by atoms with Crippen LogP contribution in [0.2, 0.25) is 0 Å². The smallest absolute Gasteiger partial charge is 0.334 e. The first kappa shape index (κ1) is 19.2. The molecule has 1 aliphatic rings. The number of nitriles is 1. The van der Waals surface area contributed by atoms with Gasteiger partial charge < -0.3 is 19.9 Å². The molecule has 0 aliphatic carbocycles. The summed E-state index contributed by atoms with van der Waals surface area (Å²) in [6, 6.07) is 7.06. The molecule has 7 heteroatoms. The molecule has 3 rings (SSSR count). The summed E-state index contributed by atoms with van der Waals surface area (Å²) in [5.74, 6) is -0.896. The van der Waals surface area contributed by atoms with Gasteiger partial charge in [-0.25, -0.2) is 9.78 Å². The molecule has 1 aromatic heterocycles. The van der Waals surface area contributed by atoms with Crippen LogP contribution in [0, 0.1) is 18.3 Å². The number of methoxy groups -OCH3 is 1. The van der Waals surface area contributed by atoms with Crippen LogP contribution in [0.1, 0.15) is 42.0 Å². The number of aromatic nitrogens is 1. The van der Waals surface area contributed by atoms with Gasteiger partial charge in [-0.05, 0) is 38.5 Å². The van der Waals surface area contributed by atoms with Crippen molar-refractivity contribution in [2.75, 3.05) is 19.0 Å². The van der Waals surface area contributed by atoms with Gasteiger partial charge >= 0.3 is 5.97 Å². The third-order valence-corrected chi connectivity index (χ3v) is 4.75. The minimum atomic E-state index is -1.05. The SMILES string of the molecule is CCOc1ncc(C)c2c1[C@H](c1ccc(C#N)cc1OC)C(C(=O)O)=C(C)N2. The molecule has 0 spiro atoms. The topological polar surface area (TPSA) is 104 Å². The highest BCUT2D eigenvalue weighted by Gasteiger charge is 2.37. The number of fused-ring (bicyclic) bond motifs is 1. The van der Waals surface area contributed by atoms with Crippen molar-refractivity contribution < 1.29 is 19.4 Å². The van der Waals surface area contributed by atoms with E-state index in [1.165, 1.54) is 7.11 Å². The number of carboxylic acid groups (broad SMARTS) is 1. The highest BCUT2D eigenvalue weighted by molar-refractivity contribution is 5.94. The Morgan fingerprint density at radius 1 is 1.39 bits per heavy atom. The molecular weight excluding hydrogens is 358 g/mol. The van der Waals surface area contributed by atoms with E-state index in [0.717, 1.165) is 11.3 Å². The summed E-state index contributed by atoms with van der Waals surface area (Å²) in [7, 11) is 1.50. The fraction of sp³-hybridized carbons (Fsp3) is 0.286. The van der Waals surface area contributed by atoms with E-state index in [4.69, 9.17) is 9.47 Å². The zero-order valence-electron chi connectivity index (χ0n) is 16.2. The molecule has 0 fully saturated rings. The van der Waals surface area contributed by atoms with Crippen LogP contribution in [0.4, 0.5) is 5.69 Å². The van der Waals surface area contributed by atoms with Crippen LogP contribution in [0.25, 0.3) is 0 Å². The van der Waals surface area contributed by atoms with Crippen molar-refractivity contribution >= 4 is 11.7 Å². The van der Waals surface area contributed by atoms with Crippen molar-refractivity contribution in [1.82, 2.24) is 4.98 Å². The zero-order chi connectivity index (χ0) is 20.4. The van der Waals surface area contributed by atoms with Gasteiger partial charge in [0, 0.05) is 17.5 Å². The molecule has 1 aliphatic heterocycles. The minimum Gasteiger partial charge on any atom is -0.496 e. The number of ether oxygens (including phenoxy) is 2. The maximum Gasteiger partial charge on any atom is 0.334 e. The van der Waals surface area contributed by atoms with E-state index in [1.54, 1.807) is 31.3 Å². The lowest BCUT2D eigenvalue weighted by atomic mass is 9.80. The number of rotatable bonds is 5. The average Bonchev–Trinajstić information content (AvgIpc) is 2.68. The number of carbonyl (C=O) groups is 1. The van der Waals surface area contributed by atoms with Gasteiger partial charge in [0.05, 0.1) is 48.1 Å². The van der Waals surface area contributed by atoms with E-state index >= 15 is 0 Å². The van der Waals surface area contributed by atoms with Crippen molar-refractivity contribution in [2.24, 2.45) is 0 Å². The van der Waals surface area contributed by atoms with Crippen molar-refractivity contribution in [1.29, 1.82) is 5.26 Å². The van der Waals surface area contributed by atoms with Gasteiger partial charge in [0.1, 0.15) is 5.75 Å².